The van der Waals surface area contributed by atoms with E-state index in [9.17, 15) is 13.6 Å². The molecule has 0 saturated heterocycles. The fourth-order valence-corrected chi connectivity index (χ4v) is 6.21. The van der Waals surface area contributed by atoms with Gasteiger partial charge in [-0.1, -0.05) is 62.8 Å². The van der Waals surface area contributed by atoms with Crippen LogP contribution in [0.1, 0.15) is 87.7 Å². The van der Waals surface area contributed by atoms with Gasteiger partial charge < -0.3 is 9.88 Å². The Labute approximate surface area is 206 Å². The molecule has 0 aliphatic heterocycles. The van der Waals surface area contributed by atoms with Gasteiger partial charge >= 0.3 is 0 Å². The van der Waals surface area contributed by atoms with Crippen molar-refractivity contribution in [3.63, 3.8) is 0 Å². The maximum absolute atomic E-state index is 14.3. The number of para-hydroxylation sites is 1. The van der Waals surface area contributed by atoms with Crippen LogP contribution < -0.4 is 5.32 Å². The quantitative estimate of drug-likeness (QED) is 0.375. The Kier molecular flexibility index (Phi) is 7.50. The first-order valence-corrected chi connectivity index (χ1v) is 13.4. The molecule has 2 aliphatic rings. The number of hydrogen-bond acceptors (Lipinski definition) is 1. The van der Waals surface area contributed by atoms with Crippen molar-refractivity contribution in [3.8, 4) is 0 Å². The Hall–Kier alpha value is -2.69. The maximum atomic E-state index is 14.3. The van der Waals surface area contributed by atoms with E-state index in [1.165, 1.54) is 50.7 Å². The zero-order valence-corrected chi connectivity index (χ0v) is 20.4. The highest BCUT2D eigenvalue weighted by molar-refractivity contribution is 5.86. The number of benzene rings is 2. The molecule has 5 heteroatoms. The lowest BCUT2D eigenvalue weighted by Gasteiger charge is -2.24. The first-order valence-electron chi connectivity index (χ1n) is 13.4. The number of nitrogens with one attached hydrogen (secondary N) is 1. The molecule has 0 radical (unpaired) electrons. The molecule has 5 rings (SSSR count). The Morgan fingerprint density at radius 1 is 0.914 bits per heavy atom. The second-order valence-electron chi connectivity index (χ2n) is 10.6. The number of aromatic nitrogens is 1. The number of halogens is 2. The van der Waals surface area contributed by atoms with E-state index >= 15 is 0 Å². The van der Waals surface area contributed by atoms with Crippen molar-refractivity contribution in [1.82, 2.24) is 9.88 Å². The first-order chi connectivity index (χ1) is 17.1. The Morgan fingerprint density at radius 3 is 2.37 bits per heavy atom. The van der Waals surface area contributed by atoms with Crippen LogP contribution in [0, 0.1) is 17.6 Å². The molecule has 1 unspecified atom stereocenters. The molecule has 0 bridgehead atoms. The highest BCUT2D eigenvalue weighted by Crippen LogP contribution is 2.37. The lowest BCUT2D eigenvalue weighted by molar-refractivity contribution is -0.122. The van der Waals surface area contributed by atoms with Gasteiger partial charge in [0, 0.05) is 42.0 Å². The zero-order chi connectivity index (χ0) is 24.2. The van der Waals surface area contributed by atoms with E-state index in [0.717, 1.165) is 48.7 Å². The third kappa shape index (κ3) is 5.60. The van der Waals surface area contributed by atoms with Crippen molar-refractivity contribution in [1.29, 1.82) is 0 Å². The minimum absolute atomic E-state index is 0.0178. The average Bonchev–Trinajstić information content (AvgIpc) is 3.23. The van der Waals surface area contributed by atoms with Crippen LogP contribution >= 0.6 is 0 Å². The predicted octanol–water partition coefficient (Wildman–Crippen LogP) is 7.47. The minimum Gasteiger partial charge on any atom is -0.353 e. The van der Waals surface area contributed by atoms with Crippen molar-refractivity contribution >= 4 is 16.8 Å². The van der Waals surface area contributed by atoms with E-state index < -0.39 is 11.6 Å². The van der Waals surface area contributed by atoms with Gasteiger partial charge in [0.1, 0.15) is 0 Å². The summed E-state index contributed by atoms with van der Waals surface area (Å²) in [6, 6.07) is 12.6. The summed E-state index contributed by atoms with van der Waals surface area (Å²) in [5.41, 5.74) is 2.80. The van der Waals surface area contributed by atoms with Gasteiger partial charge in [0.05, 0.1) is 0 Å². The number of carbonyl (C=O) groups excluding carboxylic acids is 1. The standard InChI is InChI=1S/C30H36F2N2O/c31-27-16-15-22(17-28(27)32)25(18-30(35)33-23-11-5-2-6-12-23)26-20-34(19-21-9-3-1-4-10-21)29-14-8-7-13-24(26)29/h7-8,13-17,20-21,23,25H,1-6,9-12,18-19H2,(H,33,35). The summed E-state index contributed by atoms with van der Waals surface area (Å²) in [5.74, 6) is -1.43. The van der Waals surface area contributed by atoms with E-state index in [4.69, 9.17) is 0 Å². The van der Waals surface area contributed by atoms with E-state index in [1.807, 2.05) is 12.1 Å². The van der Waals surface area contributed by atoms with Crippen LogP contribution in [0.2, 0.25) is 0 Å². The average molecular weight is 479 g/mol. The largest absolute Gasteiger partial charge is 0.353 e. The summed E-state index contributed by atoms with van der Waals surface area (Å²) in [7, 11) is 0. The molecule has 0 spiro atoms. The zero-order valence-electron chi connectivity index (χ0n) is 20.4. The molecule has 186 valence electrons. The van der Waals surface area contributed by atoms with Crippen LogP contribution in [0.3, 0.4) is 0 Å². The van der Waals surface area contributed by atoms with Gasteiger partial charge in [-0.25, -0.2) is 8.78 Å². The molecule has 1 amide bonds. The van der Waals surface area contributed by atoms with Crippen LogP contribution in [0.4, 0.5) is 8.78 Å². The summed E-state index contributed by atoms with van der Waals surface area (Å²) in [6.07, 6.45) is 14.3. The Bertz CT molecular complexity index is 1160. The molecule has 1 atom stereocenters. The molecule has 1 aromatic heterocycles. The molecular weight excluding hydrogens is 442 g/mol. The second-order valence-corrected chi connectivity index (χ2v) is 10.6. The Morgan fingerprint density at radius 2 is 1.63 bits per heavy atom. The van der Waals surface area contributed by atoms with Gasteiger partial charge in [-0.15, -0.1) is 0 Å². The fourth-order valence-electron chi connectivity index (χ4n) is 6.21. The van der Waals surface area contributed by atoms with Crippen molar-refractivity contribution in [2.45, 2.75) is 89.1 Å². The monoisotopic (exact) mass is 478 g/mol. The Balaban J connectivity index is 1.49. The summed E-state index contributed by atoms with van der Waals surface area (Å²) in [4.78, 5) is 13.2. The maximum Gasteiger partial charge on any atom is 0.221 e. The molecule has 3 nitrogen and oxygen atoms in total. The molecular formula is C30H36F2N2O. The topological polar surface area (TPSA) is 34.0 Å². The summed E-state index contributed by atoms with van der Waals surface area (Å²) >= 11 is 0. The molecule has 35 heavy (non-hydrogen) atoms. The van der Waals surface area contributed by atoms with Gasteiger partial charge in [-0.2, -0.15) is 0 Å². The number of nitrogens with zero attached hydrogens (tertiary/aromatic N) is 1. The second kappa shape index (κ2) is 10.9. The van der Waals surface area contributed by atoms with Crippen molar-refractivity contribution < 1.29 is 13.6 Å². The smallest absolute Gasteiger partial charge is 0.221 e. The molecule has 2 aromatic carbocycles. The lowest BCUT2D eigenvalue weighted by atomic mass is 9.87. The van der Waals surface area contributed by atoms with Crippen LogP contribution in [0.15, 0.2) is 48.7 Å². The van der Waals surface area contributed by atoms with Crippen molar-refractivity contribution in [2.24, 2.45) is 5.92 Å². The van der Waals surface area contributed by atoms with Gasteiger partial charge in [-0.3, -0.25) is 4.79 Å². The number of rotatable bonds is 7. The molecule has 1 heterocycles. The summed E-state index contributed by atoms with van der Waals surface area (Å²) < 4.78 is 30.4. The molecule has 2 fully saturated rings. The van der Waals surface area contributed by atoms with Crippen LogP contribution in [0.25, 0.3) is 10.9 Å². The van der Waals surface area contributed by atoms with E-state index in [2.05, 4.69) is 28.2 Å². The molecule has 3 aromatic rings. The highest BCUT2D eigenvalue weighted by atomic mass is 19.2. The van der Waals surface area contributed by atoms with E-state index in [0.29, 0.717) is 11.5 Å². The predicted molar refractivity (Wildman–Crippen MR) is 136 cm³/mol. The first kappa shape index (κ1) is 24.0. The van der Waals surface area contributed by atoms with Crippen molar-refractivity contribution in [2.75, 3.05) is 0 Å². The third-order valence-electron chi connectivity index (χ3n) is 8.08. The molecule has 2 aliphatic carbocycles. The van der Waals surface area contributed by atoms with Crippen LogP contribution in [-0.2, 0) is 11.3 Å². The van der Waals surface area contributed by atoms with Gasteiger partial charge in [0.15, 0.2) is 11.6 Å². The van der Waals surface area contributed by atoms with Gasteiger partial charge in [-0.05, 0) is 60.9 Å². The van der Waals surface area contributed by atoms with Gasteiger partial charge in [0.25, 0.3) is 0 Å². The van der Waals surface area contributed by atoms with E-state index in [1.54, 1.807) is 6.07 Å². The highest BCUT2D eigenvalue weighted by Gasteiger charge is 2.26. The normalized spacial score (nSPS) is 18.6. The minimum atomic E-state index is -0.869. The van der Waals surface area contributed by atoms with Crippen molar-refractivity contribution in [3.05, 3.63) is 71.4 Å². The molecule has 1 N–H and O–H groups in total. The number of fused-ring (bicyclic) bond motifs is 1. The van der Waals surface area contributed by atoms with E-state index in [-0.39, 0.29) is 24.3 Å². The lowest BCUT2D eigenvalue weighted by Crippen LogP contribution is -2.36. The third-order valence-corrected chi connectivity index (χ3v) is 8.08. The summed E-state index contributed by atoms with van der Waals surface area (Å²) in [5, 5.41) is 4.31. The fraction of sp³-hybridized carbons (Fsp3) is 0.500. The summed E-state index contributed by atoms with van der Waals surface area (Å²) in [6.45, 7) is 0.958. The van der Waals surface area contributed by atoms with Crippen LogP contribution in [-0.4, -0.2) is 16.5 Å². The number of carbonyl (C=O) groups is 1. The number of amides is 1. The number of hydrogen-bond donors (Lipinski definition) is 1. The molecule has 2 saturated carbocycles. The SMILES string of the molecule is O=C(CC(c1ccc(F)c(F)c1)c1cn(CC2CCCCC2)c2ccccc12)NC1CCCCC1. The van der Waals surface area contributed by atoms with Gasteiger partial charge in [0.2, 0.25) is 5.91 Å². The van der Waals surface area contributed by atoms with Crippen LogP contribution in [0.5, 0.6) is 0 Å².